The molecule has 8 aromatic rings. The Labute approximate surface area is 542 Å². The lowest BCUT2D eigenvalue weighted by molar-refractivity contribution is 0.0148. The van der Waals surface area contributed by atoms with Crippen LogP contribution in [-0.2, 0) is 20.7 Å². The maximum absolute atomic E-state index is 12.9. The number of hydrogen-bond acceptors (Lipinski definition) is 18. The number of hydrogen-bond donors (Lipinski definition) is 1. The third-order valence-electron chi connectivity index (χ3n) is 17.5. The summed E-state index contributed by atoms with van der Waals surface area (Å²) in [7, 11) is 0. The van der Waals surface area contributed by atoms with Crippen molar-refractivity contribution in [2.24, 2.45) is 11.8 Å². The van der Waals surface area contributed by atoms with E-state index in [9.17, 15) is 14.7 Å². The highest BCUT2D eigenvalue weighted by molar-refractivity contribution is 6.35. The van der Waals surface area contributed by atoms with Crippen LogP contribution in [0.4, 0.5) is 23.0 Å². The van der Waals surface area contributed by atoms with E-state index < -0.39 is 23.3 Å². The molecule has 0 unspecified atom stereocenters. The number of piperazine rings is 2. The van der Waals surface area contributed by atoms with Crippen molar-refractivity contribution < 1.29 is 24.1 Å². The number of anilines is 4. The van der Waals surface area contributed by atoms with Crippen LogP contribution in [0.5, 0.6) is 11.6 Å². The van der Waals surface area contributed by atoms with Gasteiger partial charge in [0, 0.05) is 107 Å². The summed E-state index contributed by atoms with van der Waals surface area (Å²) in [6, 6.07) is 22.9. The largest absolute Gasteiger partial charge is 0.493 e. The number of benzene rings is 3. The van der Waals surface area contributed by atoms with Crippen molar-refractivity contribution in [3.63, 3.8) is 0 Å². The number of halogens is 4. The zero-order chi connectivity index (χ0) is 63.3. The van der Waals surface area contributed by atoms with Crippen LogP contribution in [0, 0.1) is 11.8 Å². The van der Waals surface area contributed by atoms with Gasteiger partial charge in [-0.2, -0.15) is 10.2 Å². The molecule has 0 radical (unpaired) electrons. The first kappa shape index (κ1) is 64.2. The maximum atomic E-state index is 12.9. The summed E-state index contributed by atoms with van der Waals surface area (Å²) in [6.45, 7) is 20.4. The van der Waals surface area contributed by atoms with Gasteiger partial charge in [0.25, 0.3) is 0 Å². The molecule has 4 aliphatic rings. The van der Waals surface area contributed by atoms with Crippen LogP contribution in [0.3, 0.4) is 0 Å². The summed E-state index contributed by atoms with van der Waals surface area (Å²) in [5.74, 6) is 4.29. The summed E-state index contributed by atoms with van der Waals surface area (Å²) in [4.78, 5) is 57.3. The van der Waals surface area contributed by atoms with Crippen molar-refractivity contribution in [1.29, 1.82) is 0 Å². The Balaban J connectivity index is 0.000000185. The van der Waals surface area contributed by atoms with Crippen molar-refractivity contribution in [2.45, 2.75) is 96.6 Å². The lowest BCUT2D eigenvalue weighted by atomic mass is 9.89. The monoisotopic (exact) mass is 1310 g/mol. The van der Waals surface area contributed by atoms with Gasteiger partial charge in [-0.1, -0.05) is 72.4 Å². The molecule has 12 rings (SSSR count). The van der Waals surface area contributed by atoms with E-state index in [0.29, 0.717) is 70.5 Å². The molecule has 476 valence electrons. The molecule has 7 atom stereocenters. The molecule has 0 aliphatic carbocycles. The fourth-order valence-corrected chi connectivity index (χ4v) is 13.4. The number of pyridine rings is 1. The minimum absolute atomic E-state index is 0.0293. The molecule has 26 heteroatoms. The van der Waals surface area contributed by atoms with E-state index in [-0.39, 0.29) is 29.3 Å². The predicted molar refractivity (Wildman–Crippen MR) is 349 cm³/mol. The van der Waals surface area contributed by atoms with Crippen LogP contribution < -0.4 is 40.5 Å². The number of ether oxygens (including phenoxy) is 4. The van der Waals surface area contributed by atoms with Gasteiger partial charge in [-0.25, -0.2) is 53.0 Å². The van der Waals surface area contributed by atoms with Crippen molar-refractivity contribution in [2.75, 3.05) is 98.4 Å². The molecule has 0 saturated carbocycles. The fourth-order valence-electron chi connectivity index (χ4n) is 12.1. The van der Waals surface area contributed by atoms with Gasteiger partial charge in [0.2, 0.25) is 5.88 Å². The first-order chi connectivity index (χ1) is 43.4. The van der Waals surface area contributed by atoms with E-state index in [2.05, 4.69) is 80.7 Å². The van der Waals surface area contributed by atoms with Crippen LogP contribution in [0.25, 0.3) is 11.6 Å². The second kappa shape index (κ2) is 28.1. The second-order valence-corrected chi connectivity index (χ2v) is 25.5. The number of aliphatic hydroxyl groups is 1. The highest BCUT2D eigenvalue weighted by Crippen LogP contribution is 2.44. The van der Waals surface area contributed by atoms with Gasteiger partial charge >= 0.3 is 11.4 Å². The molecule has 0 bridgehead atoms. The van der Waals surface area contributed by atoms with Crippen molar-refractivity contribution in [1.82, 2.24) is 53.6 Å². The van der Waals surface area contributed by atoms with E-state index >= 15 is 0 Å². The SMILES string of the molecule is CC[C@@H](C)n1ncn(-c2cnc(N3CCN(c4ccc(OC[C@@H]5CO[C@@](C)(c6ccc(Cl)cc6Cl)C5)cc4)CC3)cn2)c1=O.CC[C@@H]([C@H](C)O)n1ncn(-c2cnc(N3CCN(c4ccc(OC[C@H]5CO[C@](C)(c6ccc(Cl)cc6Cl)C5)nc4)CC3)cn2)c1=O. The zero-order valence-corrected chi connectivity index (χ0v) is 54.3. The molecule has 1 N–H and O–H groups in total. The minimum atomic E-state index is -0.697. The molecule has 3 aromatic carbocycles. The predicted octanol–water partition coefficient (Wildman–Crippen LogP) is 10.3. The summed E-state index contributed by atoms with van der Waals surface area (Å²) < 4.78 is 30.1. The molecule has 9 heterocycles. The molecular formula is C64H75Cl4N15O7. The quantitative estimate of drug-likeness (QED) is 0.0797. The lowest BCUT2D eigenvalue weighted by Crippen LogP contribution is -2.46. The van der Waals surface area contributed by atoms with Crippen LogP contribution >= 0.6 is 46.4 Å². The molecule has 22 nitrogen and oxygen atoms in total. The average Bonchev–Trinajstić information content (AvgIpc) is 2.37. The Hall–Kier alpha value is -7.31. The molecule has 90 heavy (non-hydrogen) atoms. The first-order valence-electron chi connectivity index (χ1n) is 30.5. The smallest absolute Gasteiger partial charge is 0.351 e. The topological polar surface area (TPSA) is 214 Å². The molecular weight excluding hydrogens is 1230 g/mol. The molecule has 0 amide bonds. The Morgan fingerprint density at radius 3 is 1.47 bits per heavy atom. The summed E-state index contributed by atoms with van der Waals surface area (Å²) in [5.41, 5.74) is 2.59. The number of aliphatic hydroxyl groups excluding tert-OH is 1. The minimum Gasteiger partial charge on any atom is -0.493 e. The summed E-state index contributed by atoms with van der Waals surface area (Å²) in [6.07, 6.45) is 13.7. The zero-order valence-electron chi connectivity index (χ0n) is 51.3. The van der Waals surface area contributed by atoms with E-state index in [1.165, 1.54) is 31.2 Å². The van der Waals surface area contributed by atoms with E-state index in [1.807, 2.05) is 75.5 Å². The first-order valence-corrected chi connectivity index (χ1v) is 32.1. The summed E-state index contributed by atoms with van der Waals surface area (Å²) >= 11 is 25.1. The third-order valence-corrected chi connectivity index (χ3v) is 18.6. The third kappa shape index (κ3) is 14.4. The van der Waals surface area contributed by atoms with E-state index in [1.54, 1.807) is 43.8 Å². The van der Waals surface area contributed by atoms with Gasteiger partial charge in [-0.15, -0.1) is 0 Å². The van der Waals surface area contributed by atoms with Gasteiger partial charge < -0.3 is 43.7 Å². The normalized spacial score (nSPS) is 21.2. The molecule has 4 fully saturated rings. The molecule has 5 aromatic heterocycles. The highest BCUT2D eigenvalue weighted by atomic mass is 35.5. The van der Waals surface area contributed by atoms with Gasteiger partial charge in [-0.05, 0) is 108 Å². The Morgan fingerprint density at radius 2 is 1.01 bits per heavy atom. The molecule has 4 aliphatic heterocycles. The number of aromatic nitrogens is 11. The standard InChI is InChI=1S/C32H38Cl2N8O4.C32H37Cl2N7O3/c1-4-27(21(2)43)42-31(44)41(20-38-42)29-17-35-28(16-36-29)40-11-9-39(10-12-40)24-6-8-30(37-15-24)45-18-22-14-32(3,46-19-22)25-7-5-23(33)13-26(25)34;1-4-22(2)41-31(42)40(21-37-41)30-18-35-29(17-36-30)39-13-11-38(12-14-39)25-6-8-26(9-7-25)43-19-23-16-32(3,44-20-23)27-10-5-24(33)15-28(27)34/h5-8,13,15-17,20-22,27,43H,4,9-12,14,18-19H2,1-3H3;5-10,15,17-18,21-23H,4,11-14,16,19-20H2,1-3H3/t21-,22-,27-,32-;22-,23-,32-/m01/s1. The van der Waals surface area contributed by atoms with Gasteiger partial charge in [0.1, 0.15) is 30.0 Å². The number of rotatable bonds is 19. The van der Waals surface area contributed by atoms with Crippen molar-refractivity contribution in [3.05, 3.63) is 169 Å². The average molecular weight is 1310 g/mol. The van der Waals surface area contributed by atoms with Crippen LogP contribution in [0.2, 0.25) is 20.1 Å². The molecule has 4 saturated heterocycles. The van der Waals surface area contributed by atoms with E-state index in [0.717, 1.165) is 112 Å². The summed E-state index contributed by atoms with van der Waals surface area (Å²) in [5, 5.41) is 20.9. The van der Waals surface area contributed by atoms with Crippen LogP contribution in [-0.4, -0.2) is 144 Å². The fraction of sp³-hybridized carbons (Fsp3) is 0.453. The van der Waals surface area contributed by atoms with Gasteiger partial charge in [0.05, 0.1) is 92.5 Å². The number of nitrogens with zero attached hydrogens (tertiary/aromatic N) is 15. The Bertz CT molecular complexity index is 3820. The van der Waals surface area contributed by atoms with Gasteiger partial charge in [0.15, 0.2) is 11.6 Å². The van der Waals surface area contributed by atoms with Crippen molar-refractivity contribution in [3.8, 4) is 23.3 Å². The maximum Gasteiger partial charge on any atom is 0.351 e. The van der Waals surface area contributed by atoms with Crippen LogP contribution in [0.15, 0.2) is 126 Å². The second-order valence-electron chi connectivity index (χ2n) is 23.8. The Kier molecular flexibility index (Phi) is 20.0. The van der Waals surface area contributed by atoms with Crippen molar-refractivity contribution >= 4 is 69.4 Å². The van der Waals surface area contributed by atoms with Crippen LogP contribution in [0.1, 0.15) is 90.4 Å². The van der Waals surface area contributed by atoms with E-state index in [4.69, 9.17) is 65.4 Å². The lowest BCUT2D eigenvalue weighted by Gasteiger charge is -2.36. The highest BCUT2D eigenvalue weighted by Gasteiger charge is 2.41. The van der Waals surface area contributed by atoms with Gasteiger partial charge in [-0.3, -0.25) is 0 Å². The Morgan fingerprint density at radius 1 is 0.556 bits per heavy atom. The molecule has 0 spiro atoms.